The molecule has 8 nitrogen and oxygen atoms in total. The van der Waals surface area contributed by atoms with E-state index in [4.69, 9.17) is 9.47 Å². The van der Waals surface area contributed by atoms with E-state index in [-0.39, 0.29) is 53.8 Å². The average Bonchev–Trinajstić information content (AvgIpc) is 2.96. The molecular formula is C30H30FN3O5. The van der Waals surface area contributed by atoms with Crippen LogP contribution in [0.4, 0.5) is 4.39 Å². The Hall–Kier alpha value is -3.98. The molecule has 202 valence electrons. The number of pyridine rings is 1. The van der Waals surface area contributed by atoms with Crippen LogP contribution in [0.3, 0.4) is 0 Å². The number of amides is 2. The highest BCUT2D eigenvalue weighted by Crippen LogP contribution is 2.38. The van der Waals surface area contributed by atoms with Crippen LogP contribution in [0, 0.1) is 11.7 Å². The van der Waals surface area contributed by atoms with Gasteiger partial charge in [0.2, 0.25) is 5.43 Å². The van der Waals surface area contributed by atoms with Gasteiger partial charge in [-0.25, -0.2) is 4.39 Å². The Morgan fingerprint density at radius 3 is 2.59 bits per heavy atom. The van der Waals surface area contributed by atoms with Gasteiger partial charge < -0.3 is 24.3 Å². The smallest absolute Gasteiger partial charge is 0.276 e. The summed E-state index contributed by atoms with van der Waals surface area (Å²) in [5, 5.41) is 2.73. The second kappa shape index (κ2) is 10.6. The Morgan fingerprint density at radius 1 is 1.03 bits per heavy atom. The summed E-state index contributed by atoms with van der Waals surface area (Å²) in [6, 6.07) is 15.2. The van der Waals surface area contributed by atoms with Gasteiger partial charge >= 0.3 is 0 Å². The third-order valence-corrected chi connectivity index (χ3v) is 7.90. The summed E-state index contributed by atoms with van der Waals surface area (Å²) in [5.41, 5.74) is 0.899. The highest BCUT2D eigenvalue weighted by molar-refractivity contribution is 5.99. The molecule has 3 atom stereocenters. The van der Waals surface area contributed by atoms with E-state index in [1.807, 2.05) is 30.3 Å². The van der Waals surface area contributed by atoms with Gasteiger partial charge in [-0.05, 0) is 36.1 Å². The predicted octanol–water partition coefficient (Wildman–Crippen LogP) is 3.87. The first-order chi connectivity index (χ1) is 19.0. The Labute approximate surface area is 225 Å². The molecule has 2 amide bonds. The third-order valence-electron chi connectivity index (χ3n) is 7.90. The van der Waals surface area contributed by atoms with Gasteiger partial charge in [0.15, 0.2) is 17.7 Å². The second-order valence-corrected chi connectivity index (χ2v) is 10.4. The normalized spacial score (nSPS) is 21.9. The number of benzene rings is 2. The summed E-state index contributed by atoms with van der Waals surface area (Å²) in [4.78, 5) is 42.7. The number of fused-ring (bicyclic) bond motifs is 4. The predicted molar refractivity (Wildman–Crippen MR) is 141 cm³/mol. The van der Waals surface area contributed by atoms with Crippen LogP contribution >= 0.6 is 0 Å². The van der Waals surface area contributed by atoms with Crippen molar-refractivity contribution >= 4 is 11.8 Å². The van der Waals surface area contributed by atoms with Crippen LogP contribution in [0.1, 0.15) is 57.7 Å². The Bertz CT molecular complexity index is 1440. The second-order valence-electron chi connectivity index (χ2n) is 10.4. The van der Waals surface area contributed by atoms with E-state index >= 15 is 0 Å². The summed E-state index contributed by atoms with van der Waals surface area (Å²) >= 11 is 0. The highest BCUT2D eigenvalue weighted by atomic mass is 19.1. The zero-order valence-electron chi connectivity index (χ0n) is 21.5. The SMILES string of the molecule is O=C(NCc1ccc(F)cc1)c1cn2c(c(OCc3ccccc3)c1=O)C(=O)N1C(C2)OCC2CCCCC21. The van der Waals surface area contributed by atoms with E-state index < -0.39 is 17.6 Å². The van der Waals surface area contributed by atoms with Gasteiger partial charge in [0.05, 0.1) is 13.2 Å². The fourth-order valence-electron chi connectivity index (χ4n) is 5.90. The first kappa shape index (κ1) is 25.3. The summed E-state index contributed by atoms with van der Waals surface area (Å²) < 4.78 is 27.0. The minimum Gasteiger partial charge on any atom is -0.483 e. The average molecular weight is 532 g/mol. The van der Waals surface area contributed by atoms with Gasteiger partial charge in [-0.2, -0.15) is 0 Å². The van der Waals surface area contributed by atoms with Crippen LogP contribution < -0.4 is 15.5 Å². The van der Waals surface area contributed by atoms with Crippen molar-refractivity contribution in [1.82, 2.24) is 14.8 Å². The van der Waals surface area contributed by atoms with Gasteiger partial charge in [0.1, 0.15) is 18.0 Å². The molecule has 1 N–H and O–H groups in total. The number of hydrogen-bond donors (Lipinski definition) is 1. The summed E-state index contributed by atoms with van der Waals surface area (Å²) in [6.45, 7) is 1.08. The molecule has 1 saturated carbocycles. The number of ether oxygens (including phenoxy) is 2. The van der Waals surface area contributed by atoms with Crippen molar-refractivity contribution in [3.8, 4) is 5.75 Å². The maximum Gasteiger partial charge on any atom is 0.276 e. The topological polar surface area (TPSA) is 89.9 Å². The standard InChI is InChI=1S/C30H30FN3O5/c31-22-12-10-19(11-13-22)14-32-29(36)23-15-33-16-25-34(24-9-5-4-8-21(24)18-38-25)30(37)26(33)28(27(23)35)39-17-20-6-2-1-3-7-20/h1-3,6-7,10-13,15,21,24-25H,4-5,8-9,14,16-18H2,(H,32,36). The summed E-state index contributed by atoms with van der Waals surface area (Å²) in [7, 11) is 0. The number of halogens is 1. The van der Waals surface area contributed by atoms with Crippen molar-refractivity contribution in [1.29, 1.82) is 0 Å². The van der Waals surface area contributed by atoms with Crippen LogP contribution in [0.15, 0.2) is 65.6 Å². The molecule has 2 aromatic carbocycles. The molecule has 1 aromatic heterocycles. The van der Waals surface area contributed by atoms with Crippen molar-refractivity contribution in [2.75, 3.05) is 6.61 Å². The Kier molecular flexibility index (Phi) is 6.91. The monoisotopic (exact) mass is 531 g/mol. The number of carbonyl (C=O) groups excluding carboxylic acids is 2. The Balaban J connectivity index is 1.35. The molecule has 0 bridgehead atoms. The molecule has 3 aliphatic rings. The van der Waals surface area contributed by atoms with E-state index in [1.165, 1.54) is 18.3 Å². The van der Waals surface area contributed by atoms with Crippen molar-refractivity contribution in [3.63, 3.8) is 0 Å². The molecule has 1 aliphatic carbocycles. The van der Waals surface area contributed by atoms with Crippen molar-refractivity contribution in [3.05, 3.63) is 99.2 Å². The molecule has 0 spiro atoms. The lowest BCUT2D eigenvalue weighted by molar-refractivity contribution is -0.149. The molecule has 3 unspecified atom stereocenters. The molecule has 2 aliphatic heterocycles. The lowest BCUT2D eigenvalue weighted by Gasteiger charge is -2.50. The quantitative estimate of drug-likeness (QED) is 0.522. The molecule has 3 aromatic rings. The number of nitrogens with one attached hydrogen (secondary N) is 1. The maximum absolute atomic E-state index is 14.0. The molecule has 2 fully saturated rings. The lowest BCUT2D eigenvalue weighted by atomic mass is 9.82. The largest absolute Gasteiger partial charge is 0.483 e. The van der Waals surface area contributed by atoms with Crippen LogP contribution in [0.25, 0.3) is 0 Å². The lowest BCUT2D eigenvalue weighted by Crippen LogP contribution is -2.61. The van der Waals surface area contributed by atoms with E-state index in [2.05, 4.69) is 5.32 Å². The maximum atomic E-state index is 14.0. The number of hydrogen-bond acceptors (Lipinski definition) is 5. The van der Waals surface area contributed by atoms with Gasteiger partial charge in [0, 0.05) is 24.7 Å². The minimum absolute atomic E-state index is 0.0644. The molecule has 3 heterocycles. The third kappa shape index (κ3) is 4.94. The van der Waals surface area contributed by atoms with Crippen LogP contribution in [0.5, 0.6) is 5.75 Å². The number of nitrogens with zero attached hydrogens (tertiary/aromatic N) is 2. The van der Waals surface area contributed by atoms with Gasteiger partial charge in [0.25, 0.3) is 11.8 Å². The number of rotatable bonds is 6. The number of aromatic nitrogens is 1. The zero-order valence-corrected chi connectivity index (χ0v) is 21.5. The molecule has 1 saturated heterocycles. The van der Waals surface area contributed by atoms with Gasteiger partial charge in [-0.3, -0.25) is 14.4 Å². The van der Waals surface area contributed by atoms with E-state index in [0.29, 0.717) is 18.7 Å². The van der Waals surface area contributed by atoms with Crippen molar-refractivity contribution < 1.29 is 23.5 Å². The molecule has 6 rings (SSSR count). The van der Waals surface area contributed by atoms with E-state index in [0.717, 1.165) is 31.2 Å². The fraction of sp³-hybridized carbons (Fsp3) is 0.367. The van der Waals surface area contributed by atoms with Gasteiger partial charge in [-0.1, -0.05) is 55.3 Å². The minimum atomic E-state index is -0.640. The molecule has 9 heteroatoms. The highest BCUT2D eigenvalue weighted by Gasteiger charge is 2.46. The fourth-order valence-corrected chi connectivity index (χ4v) is 5.90. The van der Waals surface area contributed by atoms with Crippen LogP contribution in [-0.2, 0) is 24.4 Å². The van der Waals surface area contributed by atoms with Crippen molar-refractivity contribution in [2.45, 2.75) is 57.6 Å². The first-order valence-electron chi connectivity index (χ1n) is 13.4. The molecule has 39 heavy (non-hydrogen) atoms. The van der Waals surface area contributed by atoms with Crippen LogP contribution in [-0.4, -0.2) is 40.2 Å². The first-order valence-corrected chi connectivity index (χ1v) is 13.4. The molecular weight excluding hydrogens is 501 g/mol. The van der Waals surface area contributed by atoms with E-state index in [9.17, 15) is 18.8 Å². The molecule has 0 radical (unpaired) electrons. The summed E-state index contributed by atoms with van der Waals surface area (Å²) in [5.74, 6) is -1.13. The number of carbonyl (C=O) groups is 2. The van der Waals surface area contributed by atoms with Crippen LogP contribution in [0.2, 0.25) is 0 Å². The van der Waals surface area contributed by atoms with E-state index in [1.54, 1.807) is 21.6 Å². The Morgan fingerprint density at radius 2 is 1.79 bits per heavy atom. The van der Waals surface area contributed by atoms with Crippen molar-refractivity contribution in [2.24, 2.45) is 5.92 Å². The summed E-state index contributed by atoms with van der Waals surface area (Å²) in [6.07, 6.45) is 5.05. The zero-order chi connectivity index (χ0) is 26.9. The van der Waals surface area contributed by atoms with Gasteiger partial charge in [-0.15, -0.1) is 0 Å².